The number of carbonyl (C=O) groups excluding carboxylic acids is 1. The van der Waals surface area contributed by atoms with Gasteiger partial charge in [0.2, 0.25) is 5.91 Å². The molecule has 20 heavy (non-hydrogen) atoms. The third kappa shape index (κ3) is 2.63. The van der Waals surface area contributed by atoms with Crippen LogP contribution in [0.5, 0.6) is 0 Å². The van der Waals surface area contributed by atoms with Crippen molar-refractivity contribution in [3.63, 3.8) is 0 Å². The highest BCUT2D eigenvalue weighted by molar-refractivity contribution is 5.98. The first-order valence-electron chi connectivity index (χ1n) is 6.24. The number of benzene rings is 1. The van der Waals surface area contributed by atoms with Crippen LogP contribution in [0.25, 0.3) is 0 Å². The molecule has 7 heteroatoms. The lowest BCUT2D eigenvalue weighted by atomic mass is 9.90. The van der Waals surface area contributed by atoms with Crippen molar-refractivity contribution in [3.8, 4) is 0 Å². The van der Waals surface area contributed by atoms with Gasteiger partial charge in [-0.25, -0.2) is 17.6 Å². The molecule has 0 bridgehead atoms. The van der Waals surface area contributed by atoms with E-state index in [1.54, 1.807) is 6.92 Å². The molecule has 0 saturated carbocycles. The monoisotopic (exact) mass is 290 g/mol. The Labute approximate surface area is 113 Å². The Hall–Kier alpha value is -1.63. The van der Waals surface area contributed by atoms with E-state index in [2.05, 4.69) is 5.32 Å². The van der Waals surface area contributed by atoms with Crippen LogP contribution in [0.1, 0.15) is 26.2 Å². The number of nitrogens with one attached hydrogen (secondary N) is 2. The summed E-state index contributed by atoms with van der Waals surface area (Å²) in [5, 5.41) is 4.88. The van der Waals surface area contributed by atoms with Crippen LogP contribution in [-0.2, 0) is 4.79 Å². The molecule has 0 aliphatic carbocycles. The Balaban J connectivity index is 2.28. The maximum absolute atomic E-state index is 13.5. The number of hydrogen-bond acceptors (Lipinski definition) is 2. The van der Waals surface area contributed by atoms with Crippen LogP contribution in [0.2, 0.25) is 0 Å². The molecule has 1 amide bonds. The van der Waals surface area contributed by atoms with Crippen LogP contribution in [0.15, 0.2) is 6.07 Å². The fourth-order valence-corrected chi connectivity index (χ4v) is 2.18. The van der Waals surface area contributed by atoms with Gasteiger partial charge in [0, 0.05) is 6.07 Å². The zero-order valence-corrected chi connectivity index (χ0v) is 10.8. The Morgan fingerprint density at radius 3 is 2.30 bits per heavy atom. The normalized spacial score (nSPS) is 22.6. The summed E-state index contributed by atoms with van der Waals surface area (Å²) in [6.45, 7) is 2.17. The van der Waals surface area contributed by atoms with Crippen molar-refractivity contribution in [1.82, 2.24) is 5.32 Å². The molecule has 1 saturated heterocycles. The fourth-order valence-electron chi connectivity index (χ4n) is 2.18. The SMILES string of the molecule is CC1(C(=O)Nc2c(F)c(F)cc(F)c2F)CCCCN1. The van der Waals surface area contributed by atoms with Crippen molar-refractivity contribution >= 4 is 11.6 Å². The standard InChI is InChI=1S/C13H14F4N2O/c1-13(4-2-3-5-18-13)12(20)19-11-9(16)7(14)6-8(15)10(11)17/h6,18H,2-5H2,1H3,(H,19,20). The van der Waals surface area contributed by atoms with E-state index in [0.717, 1.165) is 12.8 Å². The van der Waals surface area contributed by atoms with Crippen molar-refractivity contribution < 1.29 is 22.4 Å². The van der Waals surface area contributed by atoms with Crippen molar-refractivity contribution in [2.45, 2.75) is 31.7 Å². The van der Waals surface area contributed by atoms with Gasteiger partial charge in [0.15, 0.2) is 23.3 Å². The van der Waals surface area contributed by atoms with Crippen LogP contribution in [-0.4, -0.2) is 18.0 Å². The second kappa shape index (κ2) is 5.40. The van der Waals surface area contributed by atoms with Gasteiger partial charge in [-0.1, -0.05) is 0 Å². The van der Waals surface area contributed by atoms with Gasteiger partial charge >= 0.3 is 0 Å². The minimum absolute atomic E-state index is 0.0981. The van der Waals surface area contributed by atoms with E-state index in [-0.39, 0.29) is 6.07 Å². The summed E-state index contributed by atoms with van der Waals surface area (Å²) in [5.41, 5.74) is -2.11. The molecular weight excluding hydrogens is 276 g/mol. The summed E-state index contributed by atoms with van der Waals surface area (Å²) in [4.78, 5) is 12.1. The van der Waals surface area contributed by atoms with Gasteiger partial charge in [-0.3, -0.25) is 4.79 Å². The number of amides is 1. The van der Waals surface area contributed by atoms with Crippen LogP contribution >= 0.6 is 0 Å². The lowest BCUT2D eigenvalue weighted by Gasteiger charge is -2.33. The largest absolute Gasteiger partial charge is 0.319 e. The molecule has 110 valence electrons. The smallest absolute Gasteiger partial charge is 0.244 e. The van der Waals surface area contributed by atoms with E-state index in [0.29, 0.717) is 13.0 Å². The van der Waals surface area contributed by atoms with Gasteiger partial charge in [-0.2, -0.15) is 0 Å². The number of piperidine rings is 1. The van der Waals surface area contributed by atoms with Crippen LogP contribution in [0.4, 0.5) is 23.2 Å². The Morgan fingerprint density at radius 1 is 1.20 bits per heavy atom. The highest BCUT2D eigenvalue weighted by Crippen LogP contribution is 2.26. The topological polar surface area (TPSA) is 41.1 Å². The number of rotatable bonds is 2. The van der Waals surface area contributed by atoms with Gasteiger partial charge < -0.3 is 10.6 Å². The van der Waals surface area contributed by atoms with Gasteiger partial charge in [-0.15, -0.1) is 0 Å². The first-order valence-corrected chi connectivity index (χ1v) is 6.24. The molecule has 1 aromatic carbocycles. The summed E-state index contributed by atoms with van der Waals surface area (Å²) in [5.74, 6) is -7.06. The highest BCUT2D eigenvalue weighted by Gasteiger charge is 2.35. The molecule has 0 spiro atoms. The van der Waals surface area contributed by atoms with E-state index in [1.165, 1.54) is 0 Å². The second-order valence-electron chi connectivity index (χ2n) is 5.01. The maximum Gasteiger partial charge on any atom is 0.244 e. The average Bonchev–Trinajstić information content (AvgIpc) is 2.42. The summed E-state index contributed by atoms with van der Waals surface area (Å²) < 4.78 is 53.1. The molecule has 1 aliphatic rings. The molecule has 0 radical (unpaired) electrons. The van der Waals surface area contributed by atoms with Gasteiger partial charge in [0.25, 0.3) is 0 Å². The van der Waals surface area contributed by atoms with Crippen LogP contribution < -0.4 is 10.6 Å². The number of anilines is 1. The Kier molecular flexibility index (Phi) is 3.99. The molecule has 1 heterocycles. The molecule has 1 aliphatic heterocycles. The molecule has 2 N–H and O–H groups in total. The van der Waals surface area contributed by atoms with Crippen LogP contribution in [0, 0.1) is 23.3 Å². The van der Waals surface area contributed by atoms with Gasteiger partial charge in [0.05, 0.1) is 5.54 Å². The van der Waals surface area contributed by atoms with E-state index in [1.807, 2.05) is 5.32 Å². The number of halogens is 4. The fraction of sp³-hybridized carbons (Fsp3) is 0.462. The van der Waals surface area contributed by atoms with E-state index in [9.17, 15) is 22.4 Å². The molecular formula is C13H14F4N2O. The molecule has 1 atom stereocenters. The number of hydrogen-bond donors (Lipinski definition) is 2. The third-order valence-electron chi connectivity index (χ3n) is 3.47. The Morgan fingerprint density at radius 2 is 1.80 bits per heavy atom. The van der Waals surface area contributed by atoms with Gasteiger partial charge in [-0.05, 0) is 32.7 Å². The summed E-state index contributed by atoms with van der Waals surface area (Å²) in [6, 6.07) is 0.0981. The van der Waals surface area contributed by atoms with Crippen molar-refractivity contribution in [1.29, 1.82) is 0 Å². The predicted octanol–water partition coefficient (Wildman–Crippen LogP) is 2.71. The molecule has 3 nitrogen and oxygen atoms in total. The molecule has 1 aromatic rings. The minimum Gasteiger partial charge on any atom is -0.319 e. The lowest BCUT2D eigenvalue weighted by Crippen LogP contribution is -2.54. The average molecular weight is 290 g/mol. The molecule has 2 rings (SSSR count). The third-order valence-corrected chi connectivity index (χ3v) is 3.47. The summed E-state index contributed by atoms with van der Waals surface area (Å²) in [7, 11) is 0. The van der Waals surface area contributed by atoms with E-state index < -0.39 is 40.4 Å². The first kappa shape index (κ1) is 14.8. The quantitative estimate of drug-likeness (QED) is 0.649. The zero-order valence-electron chi connectivity index (χ0n) is 10.8. The molecule has 1 fully saturated rings. The number of carbonyl (C=O) groups is 1. The lowest BCUT2D eigenvalue weighted by molar-refractivity contribution is -0.122. The first-order chi connectivity index (χ1) is 9.35. The maximum atomic E-state index is 13.5. The summed E-state index contributed by atoms with van der Waals surface area (Å²) >= 11 is 0. The van der Waals surface area contributed by atoms with Crippen molar-refractivity contribution in [2.75, 3.05) is 11.9 Å². The second-order valence-corrected chi connectivity index (χ2v) is 5.01. The van der Waals surface area contributed by atoms with Crippen molar-refractivity contribution in [2.24, 2.45) is 0 Å². The Bertz CT molecular complexity index is 515. The highest BCUT2D eigenvalue weighted by atomic mass is 19.2. The van der Waals surface area contributed by atoms with Crippen LogP contribution in [0.3, 0.4) is 0 Å². The van der Waals surface area contributed by atoms with E-state index in [4.69, 9.17) is 0 Å². The molecule has 1 unspecified atom stereocenters. The minimum atomic E-state index is -1.61. The van der Waals surface area contributed by atoms with Gasteiger partial charge in [0.1, 0.15) is 5.69 Å². The predicted molar refractivity (Wildman–Crippen MR) is 65.2 cm³/mol. The zero-order chi connectivity index (χ0) is 14.9. The van der Waals surface area contributed by atoms with Crippen molar-refractivity contribution in [3.05, 3.63) is 29.3 Å². The van der Waals surface area contributed by atoms with E-state index >= 15 is 0 Å². The summed E-state index contributed by atoms with van der Waals surface area (Å²) in [6.07, 6.45) is 2.14. The molecule has 0 aromatic heterocycles.